The number of anilines is 12. The second-order valence-corrected chi connectivity index (χ2v) is 28.6. The fraction of sp³-hybridized carbons (Fsp3) is 0.0455. The molecule has 0 amide bonds. The molecule has 8 heteroatoms. The van der Waals surface area contributed by atoms with E-state index in [0.717, 1.165) is 62.4 Å². The van der Waals surface area contributed by atoms with Crippen LogP contribution >= 0.6 is 23.5 Å². The van der Waals surface area contributed by atoms with E-state index in [1.165, 1.54) is 97.1 Å². The van der Waals surface area contributed by atoms with E-state index in [9.17, 15) is 0 Å². The van der Waals surface area contributed by atoms with Crippen LogP contribution in [0.2, 0.25) is 0 Å². The van der Waals surface area contributed by atoms with E-state index in [4.69, 9.17) is 0 Å². The van der Waals surface area contributed by atoms with Crippen molar-refractivity contribution in [3.05, 3.63) is 339 Å². The van der Waals surface area contributed by atoms with Gasteiger partial charge < -0.3 is 19.6 Å². The number of hydrogen-bond donors (Lipinski definition) is 0. The van der Waals surface area contributed by atoms with Crippen LogP contribution in [0.15, 0.2) is 353 Å². The van der Waals surface area contributed by atoms with Gasteiger partial charge in [0.05, 0.1) is 11.4 Å². The summed E-state index contributed by atoms with van der Waals surface area (Å²) in [5, 5.41) is 0. The van der Waals surface area contributed by atoms with Crippen LogP contribution in [0.3, 0.4) is 0 Å². The minimum Gasteiger partial charge on any atom is -0.311 e. The van der Waals surface area contributed by atoms with Crippen molar-refractivity contribution >= 4 is 138 Å². The lowest BCUT2D eigenvalue weighted by Crippen LogP contribution is -2.64. The maximum atomic E-state index is 2.66. The molecular weight excluding hydrogens is 1200 g/mol. The zero-order chi connectivity index (χ0) is 64.0. The smallest absolute Gasteiger partial charge is 0.252 e. The molecule has 14 aromatic rings. The molecule has 4 aliphatic rings. The molecule has 0 fully saturated rings. The van der Waals surface area contributed by atoms with Crippen molar-refractivity contribution in [2.45, 2.75) is 45.8 Å². The third-order valence-corrected chi connectivity index (χ3v) is 22.0. The first-order chi connectivity index (χ1) is 47.3. The number of benzene rings is 14. The molecule has 0 aromatic heterocycles. The lowest BCUT2D eigenvalue weighted by Gasteiger charge is -2.46. The zero-order valence-electron chi connectivity index (χ0n) is 53.5. The maximum Gasteiger partial charge on any atom is 0.252 e. The van der Waals surface area contributed by atoms with E-state index >= 15 is 0 Å². The molecule has 0 saturated heterocycles. The SMILES string of the molecule is CC(C)(C)c1ccc(-c2ccccc2N2c3cc4c(cc3B3c5ccccc5N(c5ccccc5)c5cc(N(c6ccc(-c7ccccc7)cc6)c6ccc(-c7ccccc7)cc6)cc2c53)B2c3ccccc3Sc3cc(N(c5ccccc5)c5ccccc5)cc(c32)S4)cc1. The molecule has 0 aliphatic carbocycles. The second-order valence-electron chi connectivity index (χ2n) is 26.4. The number of rotatable bonds is 11. The van der Waals surface area contributed by atoms with Gasteiger partial charge in [0.1, 0.15) is 0 Å². The Kier molecular flexibility index (Phi) is 14.2. The van der Waals surface area contributed by atoms with Gasteiger partial charge in [0, 0.05) is 82.0 Å². The van der Waals surface area contributed by atoms with E-state index in [2.05, 4.69) is 374 Å². The molecule has 0 unspecified atom stereocenters. The monoisotopic (exact) mass is 1260 g/mol. The van der Waals surface area contributed by atoms with Gasteiger partial charge in [-0.2, -0.15) is 0 Å². The largest absolute Gasteiger partial charge is 0.311 e. The predicted molar refractivity (Wildman–Crippen MR) is 411 cm³/mol. The van der Waals surface area contributed by atoms with Crippen molar-refractivity contribution in [2.75, 3.05) is 19.6 Å². The van der Waals surface area contributed by atoms with Crippen LogP contribution in [0.4, 0.5) is 68.2 Å². The third-order valence-electron chi connectivity index (χ3n) is 19.7. The highest BCUT2D eigenvalue weighted by Gasteiger charge is 2.47. The lowest BCUT2D eigenvalue weighted by molar-refractivity contribution is 0.590. The molecular formula is C88H64B2N4S2. The molecule has 0 atom stereocenters. The quantitative estimate of drug-likeness (QED) is 0.119. The molecule has 4 aliphatic heterocycles. The molecule has 0 bridgehead atoms. The Hall–Kier alpha value is -10.9. The Balaban J connectivity index is 0.916. The van der Waals surface area contributed by atoms with E-state index in [1.54, 1.807) is 0 Å². The molecule has 0 N–H and O–H groups in total. The number of hydrogen-bond acceptors (Lipinski definition) is 6. The number of nitrogens with zero attached hydrogens (tertiary/aromatic N) is 4. The third kappa shape index (κ3) is 9.88. The van der Waals surface area contributed by atoms with Gasteiger partial charge in [-0.25, -0.2) is 0 Å². The maximum absolute atomic E-state index is 2.66. The van der Waals surface area contributed by atoms with Crippen molar-refractivity contribution in [1.29, 1.82) is 0 Å². The minimum absolute atomic E-state index is 0.00921. The average Bonchev–Trinajstić information content (AvgIpc) is 0.686. The molecule has 14 aromatic carbocycles. The molecule has 454 valence electrons. The van der Waals surface area contributed by atoms with E-state index in [1.807, 2.05) is 23.5 Å². The Morgan fingerprint density at radius 2 is 0.708 bits per heavy atom. The van der Waals surface area contributed by atoms with Gasteiger partial charge in [-0.3, -0.25) is 0 Å². The van der Waals surface area contributed by atoms with Crippen LogP contribution in [0.1, 0.15) is 26.3 Å². The van der Waals surface area contributed by atoms with Crippen LogP contribution < -0.4 is 52.4 Å². The molecule has 0 spiro atoms. The predicted octanol–water partition coefficient (Wildman–Crippen LogP) is 20.5. The van der Waals surface area contributed by atoms with Crippen molar-refractivity contribution < 1.29 is 0 Å². The summed E-state index contributed by atoms with van der Waals surface area (Å²) in [5.41, 5.74) is 29.6. The fourth-order valence-electron chi connectivity index (χ4n) is 15.2. The molecule has 0 radical (unpaired) electrons. The van der Waals surface area contributed by atoms with Gasteiger partial charge in [0.15, 0.2) is 0 Å². The van der Waals surface area contributed by atoms with E-state index in [-0.39, 0.29) is 18.8 Å². The summed E-state index contributed by atoms with van der Waals surface area (Å²) in [6.07, 6.45) is 0. The number of fused-ring (bicyclic) bond motifs is 8. The Bertz CT molecular complexity index is 5160. The summed E-state index contributed by atoms with van der Waals surface area (Å²) in [5.74, 6) is 0. The van der Waals surface area contributed by atoms with Gasteiger partial charge in [0.2, 0.25) is 6.71 Å². The highest BCUT2D eigenvalue weighted by atomic mass is 32.2. The van der Waals surface area contributed by atoms with Crippen LogP contribution in [-0.4, -0.2) is 13.4 Å². The number of para-hydroxylation sites is 5. The molecule has 0 saturated carbocycles. The first-order valence-electron chi connectivity index (χ1n) is 33.2. The summed E-state index contributed by atoms with van der Waals surface area (Å²) in [6, 6.07) is 125. The van der Waals surface area contributed by atoms with Crippen molar-refractivity contribution in [3.63, 3.8) is 0 Å². The minimum atomic E-state index is -0.148. The first-order valence-corrected chi connectivity index (χ1v) is 34.8. The summed E-state index contributed by atoms with van der Waals surface area (Å²) < 4.78 is 0. The Morgan fingerprint density at radius 3 is 1.29 bits per heavy atom. The van der Waals surface area contributed by atoms with Gasteiger partial charge in [-0.1, -0.05) is 280 Å². The summed E-state index contributed by atoms with van der Waals surface area (Å²) >= 11 is 3.84. The summed E-state index contributed by atoms with van der Waals surface area (Å²) in [6.45, 7) is 6.74. The summed E-state index contributed by atoms with van der Waals surface area (Å²) in [7, 11) is 0. The Labute approximate surface area is 572 Å². The standard InChI is InChI=1S/C88H64B2N4S2/c1-88(2,3)64-47-41-63(42-48-64)72-35-19-22-38-77(72)94-79-58-83-76(90-74-37-21-24-40-82(74)95-84-55-71(56-85(96-83)87(84)90)91(65-29-13-6-14-30-65)66-31-15-7-16-32-66)57-75(79)89-73-36-20-23-39-78(73)93(67-33-17-8-18-34-67)80-53-70(54-81(94)86(80)89)92(68-49-43-61(44-50-68)59-25-9-4-10-26-59)69-51-45-62(46-52-69)60-27-11-5-12-28-60/h4-58H,1-3H3. The normalized spacial score (nSPS) is 13.0. The van der Waals surface area contributed by atoms with Crippen molar-refractivity contribution in [3.8, 4) is 33.4 Å². The van der Waals surface area contributed by atoms with Gasteiger partial charge in [0.25, 0.3) is 6.71 Å². The molecule has 4 heterocycles. The van der Waals surface area contributed by atoms with Gasteiger partial charge in [-0.05, 0) is 170 Å². The zero-order valence-corrected chi connectivity index (χ0v) is 55.1. The molecule has 18 rings (SSSR count). The van der Waals surface area contributed by atoms with Gasteiger partial charge in [-0.15, -0.1) is 0 Å². The van der Waals surface area contributed by atoms with E-state index < -0.39 is 0 Å². The summed E-state index contributed by atoms with van der Waals surface area (Å²) in [4.78, 5) is 15.2. The Morgan fingerprint density at radius 1 is 0.271 bits per heavy atom. The molecule has 4 nitrogen and oxygen atoms in total. The van der Waals surface area contributed by atoms with Crippen LogP contribution in [0.25, 0.3) is 33.4 Å². The van der Waals surface area contributed by atoms with Crippen LogP contribution in [0.5, 0.6) is 0 Å². The highest BCUT2D eigenvalue weighted by Crippen LogP contribution is 2.52. The highest BCUT2D eigenvalue weighted by molar-refractivity contribution is 8.01. The van der Waals surface area contributed by atoms with Crippen molar-refractivity contribution in [2.24, 2.45) is 0 Å². The topological polar surface area (TPSA) is 13.0 Å². The fourth-order valence-corrected chi connectivity index (χ4v) is 17.7. The average molecular weight is 1260 g/mol. The van der Waals surface area contributed by atoms with Crippen LogP contribution in [0, 0.1) is 0 Å². The molecule has 96 heavy (non-hydrogen) atoms. The van der Waals surface area contributed by atoms with E-state index in [0.29, 0.717) is 0 Å². The second kappa shape index (κ2) is 23.5. The van der Waals surface area contributed by atoms with Gasteiger partial charge >= 0.3 is 0 Å². The lowest BCUT2D eigenvalue weighted by atomic mass is 9.31. The van der Waals surface area contributed by atoms with Crippen LogP contribution in [-0.2, 0) is 5.41 Å². The first kappa shape index (κ1) is 57.7. The van der Waals surface area contributed by atoms with Crippen molar-refractivity contribution in [1.82, 2.24) is 0 Å².